The molecule has 1 amide bonds. The van der Waals surface area contributed by atoms with Gasteiger partial charge in [0.05, 0.1) is 0 Å². The summed E-state index contributed by atoms with van der Waals surface area (Å²) in [6, 6.07) is 0. The van der Waals surface area contributed by atoms with Gasteiger partial charge in [-0.05, 0) is 50.0 Å². The number of hydrogen-bond donors (Lipinski definition) is 1. The lowest BCUT2D eigenvalue weighted by Crippen LogP contribution is -2.31. The zero-order chi connectivity index (χ0) is 11.3. The number of amides is 1. The maximum Gasteiger partial charge on any atom is 0.243 e. The molecule has 15 heavy (non-hydrogen) atoms. The van der Waals surface area contributed by atoms with Gasteiger partial charge >= 0.3 is 0 Å². The van der Waals surface area contributed by atoms with Gasteiger partial charge in [-0.1, -0.05) is 19.9 Å². The van der Waals surface area contributed by atoms with Crippen LogP contribution in [0.2, 0.25) is 0 Å². The van der Waals surface area contributed by atoms with Crippen LogP contribution < -0.4 is 5.32 Å². The highest BCUT2D eigenvalue weighted by molar-refractivity contribution is 5.87. The van der Waals surface area contributed by atoms with Crippen molar-refractivity contribution < 1.29 is 4.79 Å². The van der Waals surface area contributed by atoms with Gasteiger partial charge in [-0.2, -0.15) is 0 Å². The van der Waals surface area contributed by atoms with Crippen molar-refractivity contribution in [3.63, 3.8) is 0 Å². The highest BCUT2D eigenvalue weighted by Crippen LogP contribution is 2.37. The molecule has 0 spiro atoms. The number of nitrogens with one attached hydrogen (secondary N) is 1. The van der Waals surface area contributed by atoms with Crippen LogP contribution in [0.15, 0.2) is 12.2 Å². The van der Waals surface area contributed by atoms with E-state index in [2.05, 4.69) is 19.2 Å². The molecule has 1 rings (SSSR count). The summed E-state index contributed by atoms with van der Waals surface area (Å²) < 4.78 is 0. The van der Waals surface area contributed by atoms with Gasteiger partial charge < -0.3 is 5.32 Å². The summed E-state index contributed by atoms with van der Waals surface area (Å²) >= 11 is 0. The molecular weight excluding hydrogens is 186 g/mol. The van der Waals surface area contributed by atoms with E-state index in [0.717, 1.165) is 6.54 Å². The Labute approximate surface area is 93.1 Å². The van der Waals surface area contributed by atoms with Crippen molar-refractivity contribution in [2.45, 2.75) is 46.5 Å². The van der Waals surface area contributed by atoms with Gasteiger partial charge in [0.25, 0.3) is 0 Å². The number of allylic oxidation sites excluding steroid dienone is 1. The SMILES string of the molecule is C/C=C/C(=O)NCC1CCC(C)(C)CC1. The first-order chi connectivity index (χ1) is 7.03. The Morgan fingerprint density at radius 1 is 1.40 bits per heavy atom. The molecular formula is C13H23NO. The Kier molecular flexibility index (Phi) is 4.37. The highest BCUT2D eigenvalue weighted by Gasteiger charge is 2.26. The molecule has 0 aromatic rings. The van der Waals surface area contributed by atoms with Crippen molar-refractivity contribution in [1.29, 1.82) is 0 Å². The molecule has 2 heteroatoms. The fraction of sp³-hybridized carbons (Fsp3) is 0.769. The average molecular weight is 209 g/mol. The van der Waals surface area contributed by atoms with E-state index >= 15 is 0 Å². The van der Waals surface area contributed by atoms with Crippen LogP contribution in [0, 0.1) is 11.3 Å². The lowest BCUT2D eigenvalue weighted by Gasteiger charge is -2.34. The summed E-state index contributed by atoms with van der Waals surface area (Å²) in [5.41, 5.74) is 0.518. The third-order valence-electron chi connectivity index (χ3n) is 3.34. The quantitative estimate of drug-likeness (QED) is 0.711. The first kappa shape index (κ1) is 12.3. The van der Waals surface area contributed by atoms with Crippen LogP contribution in [0.1, 0.15) is 46.5 Å². The predicted molar refractivity (Wildman–Crippen MR) is 63.6 cm³/mol. The lowest BCUT2D eigenvalue weighted by atomic mass is 9.73. The van der Waals surface area contributed by atoms with Gasteiger partial charge in [-0.15, -0.1) is 0 Å². The Morgan fingerprint density at radius 2 is 2.00 bits per heavy atom. The van der Waals surface area contributed by atoms with Crippen LogP contribution in [-0.2, 0) is 4.79 Å². The van der Waals surface area contributed by atoms with Crippen molar-refractivity contribution in [1.82, 2.24) is 5.32 Å². The molecule has 2 nitrogen and oxygen atoms in total. The molecule has 0 aromatic heterocycles. The Balaban J connectivity index is 2.22. The fourth-order valence-electron chi connectivity index (χ4n) is 2.12. The van der Waals surface area contributed by atoms with E-state index in [0.29, 0.717) is 11.3 Å². The van der Waals surface area contributed by atoms with E-state index in [4.69, 9.17) is 0 Å². The first-order valence-corrected chi connectivity index (χ1v) is 5.94. The van der Waals surface area contributed by atoms with Crippen LogP contribution in [0.4, 0.5) is 0 Å². The third-order valence-corrected chi connectivity index (χ3v) is 3.34. The van der Waals surface area contributed by atoms with Gasteiger partial charge in [-0.3, -0.25) is 4.79 Å². The molecule has 1 fully saturated rings. The molecule has 86 valence electrons. The number of hydrogen-bond acceptors (Lipinski definition) is 1. The minimum atomic E-state index is 0.0438. The predicted octanol–water partition coefficient (Wildman–Crippen LogP) is 2.90. The summed E-state index contributed by atoms with van der Waals surface area (Å²) in [7, 11) is 0. The van der Waals surface area contributed by atoms with Crippen molar-refractivity contribution in [2.75, 3.05) is 6.54 Å². The molecule has 0 unspecified atom stereocenters. The molecule has 1 saturated carbocycles. The van der Waals surface area contributed by atoms with Gasteiger partial charge in [0.1, 0.15) is 0 Å². The van der Waals surface area contributed by atoms with E-state index < -0.39 is 0 Å². The molecule has 1 aliphatic rings. The van der Waals surface area contributed by atoms with E-state index in [-0.39, 0.29) is 5.91 Å². The third kappa shape index (κ3) is 4.50. The summed E-state index contributed by atoms with van der Waals surface area (Å²) in [5.74, 6) is 0.731. The summed E-state index contributed by atoms with van der Waals surface area (Å²) in [5, 5.41) is 2.95. The summed E-state index contributed by atoms with van der Waals surface area (Å²) in [6.45, 7) is 7.38. The number of rotatable bonds is 3. The fourth-order valence-corrected chi connectivity index (χ4v) is 2.12. The van der Waals surface area contributed by atoms with Crippen molar-refractivity contribution in [2.24, 2.45) is 11.3 Å². The minimum Gasteiger partial charge on any atom is -0.352 e. The molecule has 0 bridgehead atoms. The molecule has 1 aliphatic carbocycles. The largest absolute Gasteiger partial charge is 0.352 e. The van der Waals surface area contributed by atoms with Crippen molar-refractivity contribution in [3.8, 4) is 0 Å². The summed E-state index contributed by atoms with van der Waals surface area (Å²) in [6.07, 6.45) is 8.45. The van der Waals surface area contributed by atoms with Gasteiger partial charge in [0, 0.05) is 6.54 Å². The lowest BCUT2D eigenvalue weighted by molar-refractivity contribution is -0.116. The van der Waals surface area contributed by atoms with Gasteiger partial charge in [-0.25, -0.2) is 0 Å². The standard InChI is InChI=1S/C13H23NO/c1-4-5-12(15)14-10-11-6-8-13(2,3)9-7-11/h4-5,11H,6-10H2,1-3H3,(H,14,15)/b5-4+. The number of carbonyl (C=O) groups is 1. The van der Waals surface area contributed by atoms with E-state index in [9.17, 15) is 4.79 Å². The monoisotopic (exact) mass is 209 g/mol. The first-order valence-electron chi connectivity index (χ1n) is 5.94. The molecule has 0 atom stereocenters. The molecule has 0 aromatic carbocycles. The van der Waals surface area contributed by atoms with E-state index in [1.807, 2.05) is 6.92 Å². The summed E-state index contributed by atoms with van der Waals surface area (Å²) in [4.78, 5) is 11.2. The van der Waals surface area contributed by atoms with Crippen LogP contribution in [-0.4, -0.2) is 12.5 Å². The number of carbonyl (C=O) groups excluding carboxylic acids is 1. The molecule has 0 aliphatic heterocycles. The molecule has 1 N–H and O–H groups in total. The Hall–Kier alpha value is -0.790. The smallest absolute Gasteiger partial charge is 0.243 e. The van der Waals surface area contributed by atoms with Crippen LogP contribution in [0.3, 0.4) is 0 Å². The van der Waals surface area contributed by atoms with Crippen LogP contribution in [0.25, 0.3) is 0 Å². The average Bonchev–Trinajstić information content (AvgIpc) is 2.17. The second-order valence-corrected chi connectivity index (χ2v) is 5.35. The van der Waals surface area contributed by atoms with Crippen LogP contribution in [0.5, 0.6) is 0 Å². The highest BCUT2D eigenvalue weighted by atomic mass is 16.1. The van der Waals surface area contributed by atoms with Crippen molar-refractivity contribution in [3.05, 3.63) is 12.2 Å². The second kappa shape index (κ2) is 5.34. The topological polar surface area (TPSA) is 29.1 Å². The van der Waals surface area contributed by atoms with Crippen LogP contribution >= 0.6 is 0 Å². The van der Waals surface area contributed by atoms with E-state index in [1.54, 1.807) is 12.2 Å². The molecule has 0 saturated heterocycles. The zero-order valence-electron chi connectivity index (χ0n) is 10.2. The minimum absolute atomic E-state index is 0.0438. The zero-order valence-corrected chi connectivity index (χ0v) is 10.2. The Bertz CT molecular complexity index is 233. The van der Waals surface area contributed by atoms with Crippen molar-refractivity contribution >= 4 is 5.91 Å². The maximum atomic E-state index is 11.2. The van der Waals surface area contributed by atoms with Gasteiger partial charge in [0.2, 0.25) is 5.91 Å². The van der Waals surface area contributed by atoms with Gasteiger partial charge in [0.15, 0.2) is 0 Å². The molecule has 0 heterocycles. The van der Waals surface area contributed by atoms with E-state index in [1.165, 1.54) is 25.7 Å². The Morgan fingerprint density at radius 3 is 2.53 bits per heavy atom. The normalized spacial score (nSPS) is 21.8. The molecule has 0 radical (unpaired) electrons. The maximum absolute atomic E-state index is 11.2. The second-order valence-electron chi connectivity index (χ2n) is 5.35.